The number of guanidine groups is 1. The summed E-state index contributed by atoms with van der Waals surface area (Å²) in [5.74, 6) is 0.394. The Labute approximate surface area is 173 Å². The number of aromatic nitrogens is 1. The molecule has 0 spiro atoms. The van der Waals surface area contributed by atoms with E-state index in [0.717, 1.165) is 16.7 Å². The molecule has 0 bridgehead atoms. The zero-order chi connectivity index (χ0) is 22.3. The van der Waals surface area contributed by atoms with E-state index in [1.165, 1.54) is 0 Å². The van der Waals surface area contributed by atoms with Crippen LogP contribution in [0.3, 0.4) is 0 Å². The van der Waals surface area contributed by atoms with Crippen LogP contribution in [0, 0.1) is 0 Å². The van der Waals surface area contributed by atoms with E-state index in [2.05, 4.69) is 25.9 Å². The fourth-order valence-electron chi connectivity index (χ4n) is 2.40. The van der Waals surface area contributed by atoms with Crippen LogP contribution in [0.2, 0.25) is 0 Å². The van der Waals surface area contributed by atoms with Crippen LogP contribution in [0.1, 0.15) is 58.2 Å². The normalized spacial score (nSPS) is 13.2. The van der Waals surface area contributed by atoms with Crippen molar-refractivity contribution < 1.29 is 22.7 Å². The van der Waals surface area contributed by atoms with Gasteiger partial charge in [0.25, 0.3) is 0 Å². The van der Waals surface area contributed by atoms with Crippen LogP contribution in [0.15, 0.2) is 10.4 Å². The van der Waals surface area contributed by atoms with Gasteiger partial charge in [0.05, 0.1) is 12.1 Å². The van der Waals surface area contributed by atoms with Gasteiger partial charge in [0.2, 0.25) is 0 Å². The van der Waals surface area contributed by atoms with Crippen molar-refractivity contribution in [3.05, 3.63) is 16.1 Å². The first kappa shape index (κ1) is 25.0. The highest BCUT2D eigenvalue weighted by molar-refractivity contribution is 7.09. The Morgan fingerprint density at radius 3 is 2.28 bits per heavy atom. The van der Waals surface area contributed by atoms with Gasteiger partial charge >= 0.3 is 12.3 Å². The molecule has 1 heterocycles. The summed E-state index contributed by atoms with van der Waals surface area (Å²) in [5, 5.41) is 10.2. The summed E-state index contributed by atoms with van der Waals surface area (Å²) >= 11 is 0.925. The van der Waals surface area contributed by atoms with Gasteiger partial charge in [-0.15, -0.1) is 11.3 Å². The number of amides is 1. The number of halogens is 3. The average Bonchev–Trinajstić information content (AvgIpc) is 3.08. The molecule has 166 valence electrons. The summed E-state index contributed by atoms with van der Waals surface area (Å²) in [4.78, 5) is 19.8. The third kappa shape index (κ3) is 8.46. The maximum absolute atomic E-state index is 12.6. The lowest BCUT2D eigenvalue weighted by Crippen LogP contribution is -2.57. The zero-order valence-corrected chi connectivity index (χ0v) is 18.5. The molecular formula is C18H30F3N5O2S. The number of nitrogens with zero attached hydrogens (tertiary/aromatic N) is 2. The van der Waals surface area contributed by atoms with E-state index in [1.54, 1.807) is 27.8 Å². The lowest BCUT2D eigenvalue weighted by atomic mass is 9.93. The summed E-state index contributed by atoms with van der Waals surface area (Å²) in [5.41, 5.74) is -2.07. The van der Waals surface area contributed by atoms with Gasteiger partial charge in [-0.3, -0.25) is 4.99 Å². The summed E-state index contributed by atoms with van der Waals surface area (Å²) in [6.45, 7) is 9.74. The molecule has 0 aromatic carbocycles. The molecule has 0 saturated carbocycles. The number of thiazole rings is 1. The third-order valence-corrected chi connectivity index (χ3v) is 5.04. The lowest BCUT2D eigenvalue weighted by molar-refractivity contribution is -0.140. The molecule has 3 N–H and O–H groups in total. The molecule has 1 rings (SSSR count). The molecule has 11 heteroatoms. The molecule has 7 nitrogen and oxygen atoms in total. The minimum atomic E-state index is -4.45. The Balaban J connectivity index is 2.67. The van der Waals surface area contributed by atoms with Crippen molar-refractivity contribution in [2.24, 2.45) is 4.99 Å². The minimum absolute atomic E-state index is 0.102. The minimum Gasteiger partial charge on any atom is -0.444 e. The Morgan fingerprint density at radius 2 is 1.83 bits per heavy atom. The quantitative estimate of drug-likeness (QED) is 0.445. The highest BCUT2D eigenvalue weighted by Crippen LogP contribution is 2.29. The Hall–Kier alpha value is -2.04. The van der Waals surface area contributed by atoms with Crippen molar-refractivity contribution in [1.82, 2.24) is 20.9 Å². The van der Waals surface area contributed by atoms with Gasteiger partial charge in [0, 0.05) is 19.0 Å². The molecule has 29 heavy (non-hydrogen) atoms. The van der Waals surface area contributed by atoms with E-state index in [1.807, 2.05) is 13.8 Å². The van der Waals surface area contributed by atoms with Crippen molar-refractivity contribution in [2.45, 2.75) is 71.3 Å². The fourth-order valence-corrected chi connectivity index (χ4v) is 3.14. The molecule has 1 aromatic heterocycles. The van der Waals surface area contributed by atoms with Crippen molar-refractivity contribution >= 4 is 23.4 Å². The zero-order valence-electron chi connectivity index (χ0n) is 17.7. The molecule has 0 atom stereocenters. The number of hydrogen-bond donors (Lipinski definition) is 3. The second-order valence-corrected chi connectivity index (χ2v) is 8.46. The lowest BCUT2D eigenvalue weighted by Gasteiger charge is -2.34. The molecule has 0 aliphatic carbocycles. The van der Waals surface area contributed by atoms with E-state index >= 15 is 0 Å². The number of ether oxygens (including phenoxy) is 1. The molecule has 0 aliphatic heterocycles. The standard InChI is InChI=1S/C18H30F3N5O2S/c1-7-17(8-2,26-15(27)28-16(3,4)5)11-24-14(22-6)23-9-13-25-12(10-29-13)18(19,20)21/h10H,7-9,11H2,1-6H3,(H,26,27)(H2,22,23,24). The smallest absolute Gasteiger partial charge is 0.434 e. The Bertz CT molecular complexity index is 694. The molecule has 0 aliphatic rings. The van der Waals surface area contributed by atoms with E-state index < -0.39 is 29.1 Å². The van der Waals surface area contributed by atoms with Gasteiger partial charge in [-0.05, 0) is 33.6 Å². The Morgan fingerprint density at radius 1 is 1.21 bits per heavy atom. The largest absolute Gasteiger partial charge is 0.444 e. The van der Waals surface area contributed by atoms with Crippen LogP contribution < -0.4 is 16.0 Å². The van der Waals surface area contributed by atoms with Crippen molar-refractivity contribution in [3.8, 4) is 0 Å². The van der Waals surface area contributed by atoms with Gasteiger partial charge < -0.3 is 20.7 Å². The number of hydrogen-bond acceptors (Lipinski definition) is 5. The second kappa shape index (κ2) is 10.1. The molecular weight excluding hydrogens is 407 g/mol. The van der Waals surface area contributed by atoms with Gasteiger partial charge in [-0.25, -0.2) is 9.78 Å². The number of carbonyl (C=O) groups is 1. The van der Waals surface area contributed by atoms with Crippen molar-refractivity contribution in [2.75, 3.05) is 13.6 Å². The number of aliphatic imine (C=N–C) groups is 1. The average molecular weight is 438 g/mol. The first-order valence-corrected chi connectivity index (χ1v) is 10.2. The predicted octanol–water partition coefficient (Wildman–Crippen LogP) is 3.91. The highest BCUT2D eigenvalue weighted by Gasteiger charge is 2.34. The summed E-state index contributed by atoms with van der Waals surface area (Å²) < 4.78 is 43.3. The first-order valence-electron chi connectivity index (χ1n) is 9.31. The van der Waals surface area contributed by atoms with Crippen LogP contribution in [0.4, 0.5) is 18.0 Å². The van der Waals surface area contributed by atoms with Gasteiger partial charge in [-0.2, -0.15) is 13.2 Å². The number of nitrogens with one attached hydrogen (secondary N) is 3. The van der Waals surface area contributed by atoms with Crippen LogP contribution in [-0.4, -0.2) is 41.8 Å². The number of rotatable bonds is 7. The van der Waals surface area contributed by atoms with Crippen molar-refractivity contribution in [3.63, 3.8) is 0 Å². The third-order valence-electron chi connectivity index (χ3n) is 4.19. The second-order valence-electron chi connectivity index (χ2n) is 7.52. The van der Waals surface area contributed by atoms with Gasteiger partial charge in [-0.1, -0.05) is 13.8 Å². The van der Waals surface area contributed by atoms with Crippen LogP contribution in [-0.2, 0) is 17.5 Å². The molecule has 0 fully saturated rings. The van der Waals surface area contributed by atoms with Gasteiger partial charge in [0.15, 0.2) is 11.7 Å². The maximum Gasteiger partial charge on any atom is 0.434 e. The molecule has 0 radical (unpaired) electrons. The van der Waals surface area contributed by atoms with E-state index in [-0.39, 0.29) is 6.54 Å². The van der Waals surface area contributed by atoms with Crippen molar-refractivity contribution in [1.29, 1.82) is 0 Å². The predicted molar refractivity (Wildman–Crippen MR) is 108 cm³/mol. The summed E-state index contributed by atoms with van der Waals surface area (Å²) in [6, 6.07) is 0. The fraction of sp³-hybridized carbons (Fsp3) is 0.722. The SMILES string of the molecule is CCC(CC)(CNC(=NC)NCc1nc(C(F)(F)F)cs1)NC(=O)OC(C)(C)C. The monoisotopic (exact) mass is 437 g/mol. The molecule has 1 amide bonds. The van der Waals surface area contributed by atoms with E-state index in [0.29, 0.717) is 30.4 Å². The molecule has 0 saturated heterocycles. The summed E-state index contributed by atoms with van der Waals surface area (Å²) in [7, 11) is 1.55. The van der Waals surface area contributed by atoms with E-state index in [9.17, 15) is 18.0 Å². The number of carbonyl (C=O) groups excluding carboxylic acids is 1. The van der Waals surface area contributed by atoms with Gasteiger partial charge in [0.1, 0.15) is 10.6 Å². The topological polar surface area (TPSA) is 87.6 Å². The maximum atomic E-state index is 12.6. The van der Waals surface area contributed by atoms with Crippen LogP contribution in [0.5, 0.6) is 0 Å². The van der Waals surface area contributed by atoms with Crippen LogP contribution in [0.25, 0.3) is 0 Å². The number of alkyl carbamates (subject to hydrolysis) is 1. The Kier molecular flexibility index (Phi) is 8.73. The number of alkyl halides is 3. The molecule has 0 unspecified atom stereocenters. The van der Waals surface area contributed by atoms with E-state index in [4.69, 9.17) is 4.74 Å². The summed E-state index contributed by atoms with van der Waals surface area (Å²) in [6.07, 6.45) is -3.67. The highest BCUT2D eigenvalue weighted by atomic mass is 32.1. The first-order chi connectivity index (χ1) is 13.3. The molecule has 1 aromatic rings. The van der Waals surface area contributed by atoms with Crippen LogP contribution >= 0.6 is 11.3 Å².